The summed E-state index contributed by atoms with van der Waals surface area (Å²) in [6.45, 7) is 7.02. The molecule has 4 aromatic carbocycles. The van der Waals surface area contributed by atoms with E-state index in [0.717, 1.165) is 59.9 Å². The Labute approximate surface area is 273 Å². The summed E-state index contributed by atoms with van der Waals surface area (Å²) < 4.78 is 24.6. The highest BCUT2D eigenvalue weighted by atomic mass is 35.5. The molecule has 0 radical (unpaired) electrons. The number of benzene rings is 4. The van der Waals surface area contributed by atoms with E-state index >= 15 is 0 Å². The molecule has 0 aliphatic carbocycles. The number of nitrogens with zero attached hydrogens (tertiary/aromatic N) is 2. The molecule has 0 saturated carbocycles. The minimum absolute atomic E-state index is 0.619. The van der Waals surface area contributed by atoms with Gasteiger partial charge in [-0.15, -0.1) is 11.3 Å². The molecule has 0 saturated heterocycles. The summed E-state index contributed by atoms with van der Waals surface area (Å²) in [7, 11) is -3.40. The highest BCUT2D eigenvalue weighted by Crippen LogP contribution is 2.43. The maximum atomic E-state index is 12.8. The monoisotopic (exact) mass is 652 g/mol. The molecule has 2 aromatic heterocycles. The third-order valence-corrected chi connectivity index (χ3v) is 11.8. The number of thiazole rings is 1. The number of rotatable bonds is 7. The molecule has 0 spiro atoms. The van der Waals surface area contributed by atoms with E-state index in [2.05, 4.69) is 12.1 Å². The number of aromatic nitrogens is 2. The van der Waals surface area contributed by atoms with Crippen LogP contribution in [0.2, 0.25) is 5.02 Å². The fraction of sp³-hybridized carbons (Fsp3) is 0.189. The predicted molar refractivity (Wildman–Crippen MR) is 187 cm³/mol. The molecule has 0 aliphatic heterocycles. The van der Waals surface area contributed by atoms with Crippen LogP contribution in [-0.2, 0) is 20.2 Å². The maximum Gasteiger partial charge on any atom is 0.156 e. The molecule has 6 aromatic rings. The second kappa shape index (κ2) is 11.5. The van der Waals surface area contributed by atoms with Crippen LogP contribution in [0.15, 0.2) is 103 Å². The zero-order chi connectivity index (χ0) is 32.1. The van der Waals surface area contributed by atoms with Gasteiger partial charge in [0.2, 0.25) is 0 Å². The summed E-state index contributed by atoms with van der Waals surface area (Å²) in [5.41, 5.74) is 6.66. The first-order valence-electron chi connectivity index (χ1n) is 14.5. The van der Waals surface area contributed by atoms with Gasteiger partial charge in [-0.2, -0.15) is 0 Å². The molecule has 8 heteroatoms. The molecular weight excluding hydrogens is 620 g/mol. The first-order valence-corrected chi connectivity index (χ1v) is 17.6. The van der Waals surface area contributed by atoms with Gasteiger partial charge < -0.3 is 5.11 Å². The minimum Gasteiger partial charge on any atom is -0.386 e. The van der Waals surface area contributed by atoms with Crippen LogP contribution < -0.4 is 0 Å². The van der Waals surface area contributed by atoms with Gasteiger partial charge in [-0.1, -0.05) is 66.2 Å². The molecule has 228 valence electrons. The van der Waals surface area contributed by atoms with Crippen molar-refractivity contribution in [2.24, 2.45) is 0 Å². The SMILES string of the molecule is CC(C)(O)c1cccc(-c2nc(-c3cccc(Cl)c3)c(-c3cccc(-c4cc(C(C)(C)S(C)(=O)=O)cc5cccnc45)c3)s2)c1. The topological polar surface area (TPSA) is 80.2 Å². The first-order chi connectivity index (χ1) is 21.2. The third-order valence-electron chi connectivity index (χ3n) is 8.30. The Kier molecular flexibility index (Phi) is 7.94. The van der Waals surface area contributed by atoms with Crippen LogP contribution in [0.25, 0.3) is 54.3 Å². The van der Waals surface area contributed by atoms with Crippen molar-refractivity contribution in [1.82, 2.24) is 9.97 Å². The van der Waals surface area contributed by atoms with Gasteiger partial charge in [-0.25, -0.2) is 13.4 Å². The van der Waals surface area contributed by atoms with Crippen LogP contribution in [0, 0.1) is 0 Å². The van der Waals surface area contributed by atoms with Gasteiger partial charge in [0, 0.05) is 39.6 Å². The lowest BCUT2D eigenvalue weighted by molar-refractivity contribution is 0.0786. The standard InChI is InChI=1S/C37H33ClN2O3S2/c1-36(2,41)28-15-7-13-27(20-28)35-40-33(25-11-8-16-30(38)21-25)34(44-35)26-12-6-10-23(18-26)31-22-29(37(3,4)45(5,42)43)19-24-14-9-17-39-32(24)31/h6-22,41H,1-5H3. The molecule has 45 heavy (non-hydrogen) atoms. The highest BCUT2D eigenvalue weighted by molar-refractivity contribution is 7.91. The van der Waals surface area contributed by atoms with E-state index in [9.17, 15) is 13.5 Å². The van der Waals surface area contributed by atoms with E-state index in [4.69, 9.17) is 21.6 Å². The van der Waals surface area contributed by atoms with Gasteiger partial charge in [0.1, 0.15) is 5.01 Å². The van der Waals surface area contributed by atoms with E-state index in [0.29, 0.717) is 10.6 Å². The molecule has 2 heterocycles. The van der Waals surface area contributed by atoms with Crippen LogP contribution in [0.4, 0.5) is 0 Å². The number of hydrogen-bond acceptors (Lipinski definition) is 6. The van der Waals surface area contributed by atoms with Crippen LogP contribution in [0.5, 0.6) is 0 Å². The number of hydrogen-bond donors (Lipinski definition) is 1. The zero-order valence-electron chi connectivity index (χ0n) is 25.7. The van der Waals surface area contributed by atoms with Crippen LogP contribution in [0.3, 0.4) is 0 Å². The summed E-state index contributed by atoms with van der Waals surface area (Å²) in [5, 5.41) is 13.0. The normalized spacial score (nSPS) is 12.5. The quantitative estimate of drug-likeness (QED) is 0.186. The van der Waals surface area contributed by atoms with E-state index < -0.39 is 20.2 Å². The van der Waals surface area contributed by atoms with Crippen molar-refractivity contribution in [1.29, 1.82) is 0 Å². The second-order valence-electron chi connectivity index (χ2n) is 12.3. The fourth-order valence-electron chi connectivity index (χ4n) is 5.31. The van der Waals surface area contributed by atoms with Gasteiger partial charge in [-0.05, 0) is 92.4 Å². The number of halogens is 1. The van der Waals surface area contributed by atoms with E-state index in [1.807, 2.05) is 84.9 Å². The molecule has 0 amide bonds. The van der Waals surface area contributed by atoms with Crippen molar-refractivity contribution in [2.75, 3.05) is 6.26 Å². The van der Waals surface area contributed by atoms with E-state index in [-0.39, 0.29) is 0 Å². The van der Waals surface area contributed by atoms with Gasteiger partial charge in [0.25, 0.3) is 0 Å². The Morgan fingerprint density at radius 3 is 2.18 bits per heavy atom. The van der Waals surface area contributed by atoms with Crippen molar-refractivity contribution in [3.63, 3.8) is 0 Å². The van der Waals surface area contributed by atoms with Crippen LogP contribution in [-0.4, -0.2) is 29.7 Å². The number of pyridine rings is 1. The maximum absolute atomic E-state index is 12.8. The Morgan fingerprint density at radius 2 is 1.44 bits per heavy atom. The molecule has 1 N–H and O–H groups in total. The van der Waals surface area contributed by atoms with Crippen LogP contribution in [0.1, 0.15) is 38.8 Å². The summed E-state index contributed by atoms with van der Waals surface area (Å²) in [6.07, 6.45) is 3.03. The van der Waals surface area contributed by atoms with Crippen molar-refractivity contribution in [3.05, 3.63) is 119 Å². The Bertz CT molecular complexity index is 2180. The molecule has 5 nitrogen and oxygen atoms in total. The lowest BCUT2D eigenvalue weighted by Crippen LogP contribution is -2.28. The van der Waals surface area contributed by atoms with Crippen molar-refractivity contribution in [2.45, 2.75) is 38.0 Å². The van der Waals surface area contributed by atoms with Gasteiger partial charge in [0.05, 0.1) is 26.4 Å². The van der Waals surface area contributed by atoms with Crippen molar-refractivity contribution in [3.8, 4) is 43.4 Å². The van der Waals surface area contributed by atoms with Crippen molar-refractivity contribution >= 4 is 43.7 Å². The van der Waals surface area contributed by atoms with Gasteiger partial charge in [0.15, 0.2) is 9.84 Å². The Morgan fingerprint density at radius 1 is 0.756 bits per heavy atom. The lowest BCUT2D eigenvalue weighted by atomic mass is 9.92. The summed E-state index contributed by atoms with van der Waals surface area (Å²) in [4.78, 5) is 10.8. The summed E-state index contributed by atoms with van der Waals surface area (Å²) in [6, 6.07) is 31.4. The fourth-order valence-corrected chi connectivity index (χ4v) is 7.12. The lowest BCUT2D eigenvalue weighted by Gasteiger charge is -2.24. The average Bonchev–Trinajstić information content (AvgIpc) is 3.46. The summed E-state index contributed by atoms with van der Waals surface area (Å²) >= 11 is 8.00. The van der Waals surface area contributed by atoms with Crippen molar-refractivity contribution < 1.29 is 13.5 Å². The highest BCUT2D eigenvalue weighted by Gasteiger charge is 2.33. The molecule has 0 aliphatic rings. The van der Waals surface area contributed by atoms with E-state index in [1.54, 1.807) is 45.2 Å². The Balaban J connectivity index is 1.56. The molecule has 0 bridgehead atoms. The second-order valence-corrected chi connectivity index (χ2v) is 16.3. The van der Waals surface area contributed by atoms with Gasteiger partial charge in [-0.3, -0.25) is 4.98 Å². The summed E-state index contributed by atoms with van der Waals surface area (Å²) in [5.74, 6) is 0. The third kappa shape index (κ3) is 6.06. The number of fused-ring (bicyclic) bond motifs is 1. The average molecular weight is 653 g/mol. The molecular formula is C37H33ClN2O3S2. The molecule has 0 unspecified atom stereocenters. The zero-order valence-corrected chi connectivity index (χ0v) is 28.1. The molecule has 6 rings (SSSR count). The Hall–Kier alpha value is -3.88. The largest absolute Gasteiger partial charge is 0.386 e. The van der Waals surface area contributed by atoms with Gasteiger partial charge >= 0.3 is 0 Å². The predicted octanol–water partition coefficient (Wildman–Crippen LogP) is 9.52. The minimum atomic E-state index is -3.40. The number of aliphatic hydroxyl groups is 1. The van der Waals surface area contributed by atoms with Crippen LogP contribution >= 0.6 is 22.9 Å². The molecule has 0 fully saturated rings. The smallest absolute Gasteiger partial charge is 0.156 e. The molecule has 0 atom stereocenters. The first kappa shape index (κ1) is 31.1. The number of sulfone groups is 1. The van der Waals surface area contributed by atoms with E-state index in [1.165, 1.54) is 6.26 Å².